The van der Waals surface area contributed by atoms with Crippen molar-refractivity contribution in [2.24, 2.45) is 5.73 Å². The largest absolute Gasteiger partial charge is 0.326 e. The van der Waals surface area contributed by atoms with E-state index in [1.807, 2.05) is 0 Å². The Bertz CT molecular complexity index is 420. The monoisotopic (exact) mass is 204 g/mol. The lowest BCUT2D eigenvalue weighted by Gasteiger charge is -2.05. The summed E-state index contributed by atoms with van der Waals surface area (Å²) in [5.74, 6) is -6.86. The molecule has 2 N–H and O–H groups in total. The molecule has 1 aromatic carbocycles. The molecule has 74 valence electrons. The van der Waals surface area contributed by atoms with E-state index in [1.165, 1.54) is 0 Å². The number of halogens is 4. The summed E-state index contributed by atoms with van der Waals surface area (Å²) in [6.07, 6.45) is 0. The molecule has 0 amide bonds. The lowest BCUT2D eigenvalue weighted by molar-refractivity contribution is 0.422. The fourth-order valence-corrected chi connectivity index (χ4v) is 0.960. The summed E-state index contributed by atoms with van der Waals surface area (Å²) in [6.45, 7) is -0.649. The molecule has 0 unspecified atom stereocenters. The maximum Gasteiger partial charge on any atom is 0.196 e. The number of benzene rings is 1. The average Bonchev–Trinajstić information content (AvgIpc) is 2.16. The first-order chi connectivity index (χ1) is 6.54. The highest BCUT2D eigenvalue weighted by atomic mass is 19.2. The van der Waals surface area contributed by atoms with E-state index in [4.69, 9.17) is 11.0 Å². The summed E-state index contributed by atoms with van der Waals surface area (Å²) in [4.78, 5) is 0. The predicted octanol–water partition coefficient (Wildman–Crippen LogP) is 1.57. The lowest BCUT2D eigenvalue weighted by atomic mass is 10.1. The van der Waals surface area contributed by atoms with E-state index in [0.29, 0.717) is 0 Å². The number of rotatable bonds is 1. The van der Waals surface area contributed by atoms with Crippen LogP contribution in [0.4, 0.5) is 17.6 Å². The topological polar surface area (TPSA) is 49.8 Å². The van der Waals surface area contributed by atoms with Gasteiger partial charge in [-0.15, -0.1) is 0 Å². The van der Waals surface area contributed by atoms with E-state index in [-0.39, 0.29) is 0 Å². The molecule has 0 aliphatic rings. The molecule has 0 aromatic heterocycles. The molecule has 0 aliphatic heterocycles. The molecular formula is C8H4F4N2. The van der Waals surface area contributed by atoms with Crippen molar-refractivity contribution >= 4 is 0 Å². The zero-order chi connectivity index (χ0) is 10.9. The zero-order valence-electron chi connectivity index (χ0n) is 6.74. The first-order valence-corrected chi connectivity index (χ1v) is 3.49. The minimum Gasteiger partial charge on any atom is -0.326 e. The van der Waals surface area contributed by atoms with Gasteiger partial charge in [-0.2, -0.15) is 5.26 Å². The van der Waals surface area contributed by atoms with Gasteiger partial charge in [0.1, 0.15) is 11.6 Å². The zero-order valence-corrected chi connectivity index (χ0v) is 6.74. The standard InChI is InChI=1S/C8H4F4N2/c9-5-3(1-13)6(10)8(12)7(11)4(5)2-14/h1,13H2. The van der Waals surface area contributed by atoms with E-state index >= 15 is 0 Å². The van der Waals surface area contributed by atoms with Crippen molar-refractivity contribution in [2.45, 2.75) is 6.54 Å². The van der Waals surface area contributed by atoms with Gasteiger partial charge >= 0.3 is 0 Å². The molecule has 0 spiro atoms. The van der Waals surface area contributed by atoms with Gasteiger partial charge in [0, 0.05) is 12.1 Å². The molecule has 0 saturated heterocycles. The molecule has 14 heavy (non-hydrogen) atoms. The Morgan fingerprint density at radius 3 is 2.00 bits per heavy atom. The van der Waals surface area contributed by atoms with Crippen molar-refractivity contribution in [1.29, 1.82) is 5.26 Å². The number of nitrogens with zero attached hydrogens (tertiary/aromatic N) is 1. The molecular weight excluding hydrogens is 200 g/mol. The fourth-order valence-electron chi connectivity index (χ4n) is 0.960. The second kappa shape index (κ2) is 3.64. The fraction of sp³-hybridized carbons (Fsp3) is 0.125. The third kappa shape index (κ3) is 1.32. The molecule has 0 heterocycles. The van der Waals surface area contributed by atoms with Crippen molar-refractivity contribution in [3.8, 4) is 6.07 Å². The molecule has 2 nitrogen and oxygen atoms in total. The van der Waals surface area contributed by atoms with Crippen LogP contribution in [0.1, 0.15) is 11.1 Å². The first kappa shape index (κ1) is 10.5. The first-order valence-electron chi connectivity index (χ1n) is 3.49. The van der Waals surface area contributed by atoms with Crippen LogP contribution >= 0.6 is 0 Å². The van der Waals surface area contributed by atoms with Crippen LogP contribution in [0.2, 0.25) is 0 Å². The smallest absolute Gasteiger partial charge is 0.196 e. The van der Waals surface area contributed by atoms with Gasteiger partial charge in [0.05, 0.1) is 0 Å². The molecule has 0 aliphatic carbocycles. The summed E-state index contributed by atoms with van der Waals surface area (Å²) < 4.78 is 51.2. The summed E-state index contributed by atoms with van der Waals surface area (Å²) in [7, 11) is 0. The highest BCUT2D eigenvalue weighted by molar-refractivity contribution is 5.38. The minimum atomic E-state index is -1.89. The maximum absolute atomic E-state index is 13.0. The van der Waals surface area contributed by atoms with Crippen LogP contribution in [0.25, 0.3) is 0 Å². The Hall–Kier alpha value is -1.61. The second-order valence-electron chi connectivity index (χ2n) is 2.43. The lowest BCUT2D eigenvalue weighted by Crippen LogP contribution is -2.10. The van der Waals surface area contributed by atoms with E-state index in [0.717, 1.165) is 6.07 Å². The number of nitrogens with two attached hydrogens (primary N) is 1. The highest BCUT2D eigenvalue weighted by Gasteiger charge is 2.24. The van der Waals surface area contributed by atoms with Crippen molar-refractivity contribution in [3.05, 3.63) is 34.4 Å². The number of nitriles is 1. The molecule has 1 aromatic rings. The van der Waals surface area contributed by atoms with Crippen molar-refractivity contribution in [3.63, 3.8) is 0 Å². The minimum absolute atomic E-state index is 0.649. The van der Waals surface area contributed by atoms with Gasteiger partial charge in [-0.25, -0.2) is 17.6 Å². The Balaban J connectivity index is 3.67. The molecule has 6 heteroatoms. The molecule has 0 bridgehead atoms. The summed E-state index contributed by atoms with van der Waals surface area (Å²) in [5, 5.41) is 8.27. The normalized spacial score (nSPS) is 10.0. The second-order valence-corrected chi connectivity index (χ2v) is 2.43. The van der Waals surface area contributed by atoms with Crippen LogP contribution in [-0.2, 0) is 6.54 Å². The van der Waals surface area contributed by atoms with Crippen LogP contribution < -0.4 is 5.73 Å². The Morgan fingerprint density at radius 1 is 1.00 bits per heavy atom. The molecule has 0 atom stereocenters. The molecule has 1 rings (SSSR count). The van der Waals surface area contributed by atoms with Gasteiger partial charge in [0.15, 0.2) is 23.3 Å². The Kier molecular flexibility index (Phi) is 2.72. The van der Waals surface area contributed by atoms with Gasteiger partial charge in [0.25, 0.3) is 0 Å². The van der Waals surface area contributed by atoms with Gasteiger partial charge in [-0.05, 0) is 0 Å². The Morgan fingerprint density at radius 2 is 1.57 bits per heavy atom. The van der Waals surface area contributed by atoms with Crippen LogP contribution in [0.15, 0.2) is 0 Å². The summed E-state index contributed by atoms with van der Waals surface area (Å²) >= 11 is 0. The molecule has 0 radical (unpaired) electrons. The van der Waals surface area contributed by atoms with E-state index in [2.05, 4.69) is 0 Å². The predicted molar refractivity (Wildman–Crippen MR) is 38.9 cm³/mol. The van der Waals surface area contributed by atoms with Crippen LogP contribution in [0.5, 0.6) is 0 Å². The number of hydrogen-bond donors (Lipinski definition) is 1. The Labute approximate surface area is 76.6 Å². The van der Waals surface area contributed by atoms with Crippen molar-refractivity contribution < 1.29 is 17.6 Å². The van der Waals surface area contributed by atoms with Gasteiger partial charge in [-0.3, -0.25) is 0 Å². The SMILES string of the molecule is N#Cc1c(F)c(F)c(F)c(CN)c1F. The van der Waals surface area contributed by atoms with Gasteiger partial charge in [0.2, 0.25) is 0 Å². The van der Waals surface area contributed by atoms with Crippen molar-refractivity contribution in [1.82, 2.24) is 0 Å². The summed E-state index contributed by atoms with van der Waals surface area (Å²) in [5.41, 5.74) is 2.92. The third-order valence-electron chi connectivity index (χ3n) is 1.67. The van der Waals surface area contributed by atoms with Crippen LogP contribution in [0, 0.1) is 34.6 Å². The average molecular weight is 204 g/mol. The van der Waals surface area contributed by atoms with E-state index in [1.54, 1.807) is 0 Å². The van der Waals surface area contributed by atoms with Gasteiger partial charge in [-0.1, -0.05) is 0 Å². The van der Waals surface area contributed by atoms with Gasteiger partial charge < -0.3 is 5.73 Å². The highest BCUT2D eigenvalue weighted by Crippen LogP contribution is 2.22. The molecule has 0 saturated carbocycles. The molecule has 0 fully saturated rings. The van der Waals surface area contributed by atoms with E-state index < -0.39 is 40.9 Å². The van der Waals surface area contributed by atoms with Crippen LogP contribution in [-0.4, -0.2) is 0 Å². The maximum atomic E-state index is 13.0. The van der Waals surface area contributed by atoms with E-state index in [9.17, 15) is 17.6 Å². The quantitative estimate of drug-likeness (QED) is 0.429. The van der Waals surface area contributed by atoms with Crippen molar-refractivity contribution in [2.75, 3.05) is 0 Å². The van der Waals surface area contributed by atoms with Crippen LogP contribution in [0.3, 0.4) is 0 Å². The summed E-state index contributed by atoms with van der Waals surface area (Å²) in [6, 6.07) is 1.09. The third-order valence-corrected chi connectivity index (χ3v) is 1.67. The number of hydrogen-bond acceptors (Lipinski definition) is 2.